The van der Waals surface area contributed by atoms with E-state index in [4.69, 9.17) is 0 Å². The molecule has 5 nitrogen and oxygen atoms in total. The minimum atomic E-state index is -3.94. The van der Waals surface area contributed by atoms with Gasteiger partial charge in [0.15, 0.2) is 0 Å². The van der Waals surface area contributed by atoms with Crippen LogP contribution in [0.15, 0.2) is 57.9 Å². The number of benzene rings is 3. The van der Waals surface area contributed by atoms with E-state index in [9.17, 15) is 13.2 Å². The number of rotatable bonds is 8. The van der Waals surface area contributed by atoms with E-state index in [1.807, 2.05) is 76.2 Å². The number of carbonyl (C=O) groups excluding carboxylic acids is 1. The summed E-state index contributed by atoms with van der Waals surface area (Å²) in [6, 6.07) is 15.3. The molecular weight excluding hydrogens is 524 g/mol. The molecule has 0 fully saturated rings. The van der Waals surface area contributed by atoms with Gasteiger partial charge in [-0.25, -0.2) is 8.42 Å². The molecule has 0 aliphatic heterocycles. The molecule has 0 saturated heterocycles. The van der Waals surface area contributed by atoms with E-state index in [-0.39, 0.29) is 23.9 Å². The highest BCUT2D eigenvalue weighted by molar-refractivity contribution is 9.10. The van der Waals surface area contributed by atoms with Crippen LogP contribution in [-0.4, -0.2) is 25.2 Å². The van der Waals surface area contributed by atoms with Crippen LogP contribution < -0.4 is 5.32 Å². The number of halogens is 1. The van der Waals surface area contributed by atoms with Gasteiger partial charge in [-0.05, 0) is 81.0 Å². The minimum absolute atomic E-state index is 0.0999. The number of carbonyl (C=O) groups is 1. The minimum Gasteiger partial charge on any atom is -0.324 e. The predicted octanol–water partition coefficient (Wildman–Crippen LogP) is 6.38. The van der Waals surface area contributed by atoms with Gasteiger partial charge < -0.3 is 5.32 Å². The number of hydrogen-bond acceptors (Lipinski definition) is 3. The SMILES string of the molecule is CCc1cc(Br)cc(C)c1NC(=O)CN(Cc1ccc(C)cc1)S(=O)(=O)c1c(C)cc(C)cc1C. The Bertz CT molecular complexity index is 1330. The molecule has 0 bridgehead atoms. The van der Waals surface area contributed by atoms with Crippen molar-refractivity contribution in [1.82, 2.24) is 4.31 Å². The Hall–Kier alpha value is -2.48. The van der Waals surface area contributed by atoms with Crippen LogP contribution in [0.1, 0.15) is 45.9 Å². The van der Waals surface area contributed by atoms with Gasteiger partial charge in [0, 0.05) is 16.7 Å². The molecule has 0 atom stereocenters. The Morgan fingerprint density at radius 1 is 0.886 bits per heavy atom. The summed E-state index contributed by atoms with van der Waals surface area (Å²) in [5, 5.41) is 2.98. The van der Waals surface area contributed by atoms with Crippen molar-refractivity contribution in [3.05, 3.63) is 91.9 Å². The lowest BCUT2D eigenvalue weighted by Crippen LogP contribution is -2.38. The summed E-state index contributed by atoms with van der Waals surface area (Å²) >= 11 is 3.51. The molecule has 0 aliphatic carbocycles. The van der Waals surface area contributed by atoms with Crippen LogP contribution in [0, 0.1) is 34.6 Å². The number of nitrogens with zero attached hydrogens (tertiary/aromatic N) is 1. The van der Waals surface area contributed by atoms with E-state index in [1.165, 1.54) is 4.31 Å². The smallest absolute Gasteiger partial charge is 0.244 e. The Morgan fingerprint density at radius 2 is 1.49 bits per heavy atom. The maximum Gasteiger partial charge on any atom is 0.244 e. The molecule has 1 amide bonds. The highest BCUT2D eigenvalue weighted by Crippen LogP contribution is 2.28. The van der Waals surface area contributed by atoms with Crippen molar-refractivity contribution in [2.45, 2.75) is 59.4 Å². The van der Waals surface area contributed by atoms with Crippen LogP contribution in [0.2, 0.25) is 0 Å². The molecule has 0 spiro atoms. The van der Waals surface area contributed by atoms with Crippen molar-refractivity contribution in [3.63, 3.8) is 0 Å². The number of hydrogen-bond donors (Lipinski definition) is 1. The fourth-order valence-corrected chi connectivity index (χ4v) is 6.85. The molecule has 0 aromatic heterocycles. The quantitative estimate of drug-likeness (QED) is 0.350. The van der Waals surface area contributed by atoms with Gasteiger partial charge in [0.2, 0.25) is 15.9 Å². The zero-order chi connectivity index (χ0) is 25.9. The molecule has 0 aliphatic rings. The third kappa shape index (κ3) is 6.40. The zero-order valence-corrected chi connectivity index (χ0v) is 23.6. The van der Waals surface area contributed by atoms with E-state index >= 15 is 0 Å². The Balaban J connectivity index is 2.00. The van der Waals surface area contributed by atoms with Crippen LogP contribution in [0.25, 0.3) is 0 Å². The summed E-state index contributed by atoms with van der Waals surface area (Å²) in [6.45, 7) is 11.3. The standard InChI is InChI=1S/C28H33BrN2O3S/c1-7-24-15-25(29)14-20(4)27(24)30-26(32)17-31(16-23-10-8-18(2)9-11-23)35(33,34)28-21(5)12-19(3)13-22(28)6/h8-15H,7,16-17H2,1-6H3,(H,30,32). The van der Waals surface area contributed by atoms with Gasteiger partial charge in [-0.3, -0.25) is 4.79 Å². The van der Waals surface area contributed by atoms with E-state index < -0.39 is 10.0 Å². The van der Waals surface area contributed by atoms with E-state index in [2.05, 4.69) is 21.2 Å². The molecular formula is C28H33BrN2O3S. The zero-order valence-electron chi connectivity index (χ0n) is 21.2. The monoisotopic (exact) mass is 556 g/mol. The molecule has 0 radical (unpaired) electrons. The summed E-state index contributed by atoms with van der Waals surface area (Å²) in [7, 11) is -3.94. The molecule has 3 aromatic carbocycles. The fraction of sp³-hybridized carbons (Fsp3) is 0.321. The van der Waals surface area contributed by atoms with Crippen LogP contribution in [0.5, 0.6) is 0 Å². The largest absolute Gasteiger partial charge is 0.324 e. The summed E-state index contributed by atoms with van der Waals surface area (Å²) in [5.74, 6) is -0.372. The van der Waals surface area contributed by atoms with Crippen LogP contribution in [0.4, 0.5) is 5.69 Å². The first-order chi connectivity index (χ1) is 16.4. The van der Waals surface area contributed by atoms with Crippen molar-refractivity contribution in [2.75, 3.05) is 11.9 Å². The lowest BCUT2D eigenvalue weighted by molar-refractivity contribution is -0.116. The first-order valence-electron chi connectivity index (χ1n) is 11.6. The average Bonchev–Trinajstić information content (AvgIpc) is 2.75. The second-order valence-corrected chi connectivity index (χ2v) is 11.9. The topological polar surface area (TPSA) is 66.5 Å². The van der Waals surface area contributed by atoms with E-state index in [0.29, 0.717) is 11.1 Å². The number of nitrogens with one attached hydrogen (secondary N) is 1. The summed E-state index contributed by atoms with van der Waals surface area (Å²) < 4.78 is 30.1. The van der Waals surface area contributed by atoms with Crippen molar-refractivity contribution in [3.8, 4) is 0 Å². The van der Waals surface area contributed by atoms with Crippen LogP contribution in [0.3, 0.4) is 0 Å². The third-order valence-corrected chi connectivity index (χ3v) is 8.59. The lowest BCUT2D eigenvalue weighted by atomic mass is 10.1. The third-order valence-electron chi connectivity index (χ3n) is 6.03. The summed E-state index contributed by atoms with van der Waals surface area (Å²) in [5.41, 5.74) is 6.90. The number of amides is 1. The first kappa shape index (κ1) is 27.1. The molecule has 0 saturated carbocycles. The van der Waals surface area contributed by atoms with Crippen molar-refractivity contribution in [2.24, 2.45) is 0 Å². The normalized spacial score (nSPS) is 11.7. The Kier molecular flexibility index (Phi) is 8.57. The van der Waals surface area contributed by atoms with E-state index in [1.54, 1.807) is 13.8 Å². The van der Waals surface area contributed by atoms with Crippen molar-refractivity contribution >= 4 is 37.5 Å². The van der Waals surface area contributed by atoms with E-state index in [0.717, 1.165) is 44.4 Å². The summed E-state index contributed by atoms with van der Waals surface area (Å²) in [6.07, 6.45) is 0.739. The lowest BCUT2D eigenvalue weighted by Gasteiger charge is -2.25. The highest BCUT2D eigenvalue weighted by atomic mass is 79.9. The van der Waals surface area contributed by atoms with Crippen LogP contribution in [-0.2, 0) is 27.8 Å². The second kappa shape index (κ2) is 11.1. The molecule has 3 rings (SSSR count). The molecule has 35 heavy (non-hydrogen) atoms. The van der Waals surface area contributed by atoms with Gasteiger partial charge in [-0.15, -0.1) is 0 Å². The fourth-order valence-electron chi connectivity index (χ4n) is 4.44. The molecule has 7 heteroatoms. The second-order valence-electron chi connectivity index (χ2n) is 9.15. The maximum absolute atomic E-state index is 13.9. The summed E-state index contributed by atoms with van der Waals surface area (Å²) in [4.78, 5) is 13.5. The van der Waals surface area contributed by atoms with Crippen LogP contribution >= 0.6 is 15.9 Å². The van der Waals surface area contributed by atoms with Gasteiger partial charge in [-0.1, -0.05) is 70.4 Å². The van der Waals surface area contributed by atoms with Gasteiger partial charge in [0.25, 0.3) is 0 Å². The molecule has 1 N–H and O–H groups in total. The number of sulfonamides is 1. The Morgan fingerprint density at radius 3 is 2.06 bits per heavy atom. The van der Waals surface area contributed by atoms with Gasteiger partial charge in [0.1, 0.15) is 0 Å². The number of anilines is 1. The van der Waals surface area contributed by atoms with Crippen molar-refractivity contribution in [1.29, 1.82) is 0 Å². The van der Waals surface area contributed by atoms with Crippen molar-refractivity contribution < 1.29 is 13.2 Å². The molecule has 186 valence electrons. The molecule has 0 heterocycles. The highest BCUT2D eigenvalue weighted by Gasteiger charge is 2.30. The van der Waals surface area contributed by atoms with Gasteiger partial charge >= 0.3 is 0 Å². The molecule has 0 unspecified atom stereocenters. The van der Waals surface area contributed by atoms with Gasteiger partial charge in [-0.2, -0.15) is 4.31 Å². The average molecular weight is 558 g/mol. The first-order valence-corrected chi connectivity index (χ1v) is 13.9. The number of aryl methyl sites for hydroxylation is 6. The predicted molar refractivity (Wildman–Crippen MR) is 146 cm³/mol. The molecule has 3 aromatic rings. The maximum atomic E-state index is 13.9. The Labute approximate surface area is 217 Å². The van der Waals surface area contributed by atoms with Gasteiger partial charge in [0.05, 0.1) is 11.4 Å².